The predicted molar refractivity (Wildman–Crippen MR) is 102 cm³/mol. The van der Waals surface area contributed by atoms with E-state index in [2.05, 4.69) is 10.4 Å². The first kappa shape index (κ1) is 17.9. The molecule has 0 radical (unpaired) electrons. The van der Waals surface area contributed by atoms with Gasteiger partial charge >= 0.3 is 5.69 Å². The first-order valence-electron chi connectivity index (χ1n) is 8.38. The average molecular weight is 371 g/mol. The minimum Gasteiger partial charge on any atom is -0.355 e. The van der Waals surface area contributed by atoms with Crippen LogP contribution in [0, 0.1) is 0 Å². The summed E-state index contributed by atoms with van der Waals surface area (Å²) < 4.78 is 2.60. The van der Waals surface area contributed by atoms with Gasteiger partial charge in [0.1, 0.15) is 6.54 Å². The Kier molecular flexibility index (Phi) is 5.53. The molecule has 2 aromatic carbocycles. The molecule has 134 valence electrons. The summed E-state index contributed by atoms with van der Waals surface area (Å²) in [4.78, 5) is 25.1. The third kappa shape index (κ3) is 3.70. The quantitative estimate of drug-likeness (QED) is 0.725. The Morgan fingerprint density at radius 3 is 2.50 bits per heavy atom. The summed E-state index contributed by atoms with van der Waals surface area (Å²) in [6.07, 6.45) is 0.824. The van der Waals surface area contributed by atoms with Gasteiger partial charge in [-0.2, -0.15) is 4.68 Å². The lowest BCUT2D eigenvalue weighted by Crippen LogP contribution is -2.33. The van der Waals surface area contributed by atoms with Crippen LogP contribution in [0.4, 0.5) is 0 Å². The molecule has 6 nitrogen and oxygen atoms in total. The van der Waals surface area contributed by atoms with Gasteiger partial charge in [-0.3, -0.25) is 9.36 Å². The largest absolute Gasteiger partial charge is 0.355 e. The van der Waals surface area contributed by atoms with Gasteiger partial charge < -0.3 is 5.32 Å². The number of hydrogen-bond acceptors (Lipinski definition) is 3. The molecule has 0 unspecified atom stereocenters. The summed E-state index contributed by atoms with van der Waals surface area (Å²) >= 11 is 6.22. The van der Waals surface area contributed by atoms with E-state index < -0.39 is 5.69 Å². The molecule has 3 rings (SSSR count). The van der Waals surface area contributed by atoms with E-state index in [1.807, 2.05) is 37.3 Å². The van der Waals surface area contributed by atoms with Crippen molar-refractivity contribution in [3.63, 3.8) is 0 Å². The van der Waals surface area contributed by atoms with E-state index in [0.29, 0.717) is 23.1 Å². The molecular weight excluding hydrogens is 352 g/mol. The molecule has 0 aliphatic heterocycles. The van der Waals surface area contributed by atoms with Gasteiger partial charge in [-0.15, -0.1) is 5.10 Å². The lowest BCUT2D eigenvalue weighted by Gasteiger charge is -2.06. The number of halogens is 1. The second-order valence-electron chi connectivity index (χ2n) is 5.77. The molecule has 26 heavy (non-hydrogen) atoms. The fourth-order valence-electron chi connectivity index (χ4n) is 2.58. The lowest BCUT2D eigenvalue weighted by molar-refractivity contribution is -0.121. The number of aromatic nitrogens is 3. The summed E-state index contributed by atoms with van der Waals surface area (Å²) in [7, 11) is 0. The fraction of sp³-hybridized carbons (Fsp3) is 0.211. The Hall–Kier alpha value is -2.86. The fourth-order valence-corrected chi connectivity index (χ4v) is 2.80. The Balaban J connectivity index is 2.10. The second-order valence-corrected chi connectivity index (χ2v) is 6.18. The molecule has 1 heterocycles. The molecule has 0 saturated carbocycles. The highest BCUT2D eigenvalue weighted by atomic mass is 35.5. The lowest BCUT2D eigenvalue weighted by atomic mass is 10.2. The van der Waals surface area contributed by atoms with Crippen molar-refractivity contribution in [1.29, 1.82) is 0 Å². The van der Waals surface area contributed by atoms with Gasteiger partial charge in [-0.1, -0.05) is 61.0 Å². The van der Waals surface area contributed by atoms with E-state index in [0.717, 1.165) is 12.0 Å². The van der Waals surface area contributed by atoms with Gasteiger partial charge in [0.05, 0.1) is 10.7 Å². The second kappa shape index (κ2) is 8.01. The summed E-state index contributed by atoms with van der Waals surface area (Å²) in [5.41, 5.74) is 0.811. The molecule has 0 fully saturated rings. The van der Waals surface area contributed by atoms with E-state index in [1.54, 1.807) is 24.3 Å². The maximum Gasteiger partial charge on any atom is 0.351 e. The van der Waals surface area contributed by atoms with E-state index in [1.165, 1.54) is 9.25 Å². The zero-order chi connectivity index (χ0) is 18.5. The molecule has 1 aromatic heterocycles. The van der Waals surface area contributed by atoms with Crippen molar-refractivity contribution in [2.45, 2.75) is 19.9 Å². The monoisotopic (exact) mass is 370 g/mol. The topological polar surface area (TPSA) is 68.9 Å². The number of benzene rings is 2. The van der Waals surface area contributed by atoms with Gasteiger partial charge in [-0.25, -0.2) is 4.79 Å². The van der Waals surface area contributed by atoms with E-state index in [4.69, 9.17) is 11.6 Å². The van der Waals surface area contributed by atoms with E-state index in [9.17, 15) is 9.59 Å². The summed E-state index contributed by atoms with van der Waals surface area (Å²) in [5, 5.41) is 7.64. The van der Waals surface area contributed by atoms with Crippen LogP contribution in [0.2, 0.25) is 5.02 Å². The van der Waals surface area contributed by atoms with Gasteiger partial charge in [0.25, 0.3) is 0 Å². The van der Waals surface area contributed by atoms with Gasteiger partial charge in [0, 0.05) is 12.1 Å². The number of para-hydroxylation sites is 1. The van der Waals surface area contributed by atoms with Crippen LogP contribution in [-0.2, 0) is 11.3 Å². The van der Waals surface area contributed by atoms with Crippen LogP contribution in [0.25, 0.3) is 17.1 Å². The third-order valence-electron chi connectivity index (χ3n) is 3.85. The first-order chi connectivity index (χ1) is 12.6. The highest BCUT2D eigenvalue weighted by molar-refractivity contribution is 6.32. The molecule has 1 N–H and O–H groups in total. The molecule has 0 spiro atoms. The van der Waals surface area contributed by atoms with Crippen molar-refractivity contribution in [2.75, 3.05) is 6.54 Å². The Morgan fingerprint density at radius 2 is 1.81 bits per heavy atom. The maximum absolute atomic E-state index is 12.9. The van der Waals surface area contributed by atoms with Crippen molar-refractivity contribution in [3.8, 4) is 17.1 Å². The summed E-state index contributed by atoms with van der Waals surface area (Å²) in [6.45, 7) is 2.43. The normalized spacial score (nSPS) is 10.7. The Morgan fingerprint density at radius 1 is 1.12 bits per heavy atom. The number of hydrogen-bond donors (Lipinski definition) is 1. The standard InChI is InChI=1S/C19H19ClN4O2/c1-2-12-21-17(25)13-23-18(14-8-4-3-5-9-14)22-24(19(23)26)16-11-7-6-10-15(16)20/h3-11H,2,12-13H2,1H3,(H,21,25). The highest BCUT2D eigenvalue weighted by Crippen LogP contribution is 2.20. The van der Waals surface area contributed by atoms with E-state index >= 15 is 0 Å². The SMILES string of the molecule is CCCNC(=O)Cn1c(-c2ccccc2)nn(-c2ccccc2Cl)c1=O. The van der Waals surface area contributed by atoms with Crippen molar-refractivity contribution in [2.24, 2.45) is 0 Å². The van der Waals surface area contributed by atoms with Crippen molar-refractivity contribution >= 4 is 17.5 Å². The van der Waals surface area contributed by atoms with Crippen molar-refractivity contribution < 1.29 is 4.79 Å². The molecule has 7 heteroatoms. The van der Waals surface area contributed by atoms with Crippen LogP contribution in [0.15, 0.2) is 59.4 Å². The third-order valence-corrected chi connectivity index (χ3v) is 4.17. The molecule has 1 amide bonds. The number of nitrogens with zero attached hydrogens (tertiary/aromatic N) is 3. The molecule has 3 aromatic rings. The van der Waals surface area contributed by atoms with Crippen LogP contribution in [-0.4, -0.2) is 26.8 Å². The van der Waals surface area contributed by atoms with Gasteiger partial charge in [0.2, 0.25) is 5.91 Å². The number of carbonyl (C=O) groups excluding carboxylic acids is 1. The summed E-state index contributed by atoms with van der Waals surface area (Å²) in [6, 6.07) is 16.3. The van der Waals surface area contributed by atoms with Crippen LogP contribution in [0.5, 0.6) is 0 Å². The first-order valence-corrected chi connectivity index (χ1v) is 8.76. The Bertz CT molecular complexity index is 963. The van der Waals surface area contributed by atoms with Crippen LogP contribution in [0.1, 0.15) is 13.3 Å². The minimum atomic E-state index is -0.413. The van der Waals surface area contributed by atoms with Crippen LogP contribution >= 0.6 is 11.6 Å². The van der Waals surface area contributed by atoms with Crippen LogP contribution in [0.3, 0.4) is 0 Å². The molecule has 0 aliphatic carbocycles. The Labute approximate surface area is 156 Å². The van der Waals surface area contributed by atoms with Crippen molar-refractivity contribution in [3.05, 3.63) is 70.1 Å². The number of nitrogens with one attached hydrogen (secondary N) is 1. The van der Waals surface area contributed by atoms with Crippen LogP contribution < -0.4 is 11.0 Å². The maximum atomic E-state index is 12.9. The molecule has 0 aliphatic rings. The van der Waals surface area contributed by atoms with E-state index in [-0.39, 0.29) is 12.5 Å². The molecule has 0 saturated heterocycles. The predicted octanol–water partition coefficient (Wildman–Crippen LogP) is 2.88. The summed E-state index contributed by atoms with van der Waals surface area (Å²) in [5.74, 6) is 0.187. The van der Waals surface area contributed by atoms with Gasteiger partial charge in [0.15, 0.2) is 5.82 Å². The number of amides is 1. The zero-order valence-corrected chi connectivity index (χ0v) is 15.1. The zero-order valence-electron chi connectivity index (χ0n) is 14.4. The number of carbonyl (C=O) groups is 1. The average Bonchev–Trinajstić information content (AvgIpc) is 2.97. The van der Waals surface area contributed by atoms with Crippen molar-refractivity contribution in [1.82, 2.24) is 19.7 Å². The smallest absolute Gasteiger partial charge is 0.351 e. The minimum absolute atomic E-state index is 0.104. The molecule has 0 bridgehead atoms. The molecular formula is C19H19ClN4O2. The number of rotatable bonds is 6. The highest BCUT2D eigenvalue weighted by Gasteiger charge is 2.19. The molecule has 0 atom stereocenters. The van der Waals surface area contributed by atoms with Gasteiger partial charge in [-0.05, 0) is 18.6 Å².